The second-order valence-electron chi connectivity index (χ2n) is 22.3. The zero-order valence-corrected chi connectivity index (χ0v) is 52.1. The summed E-state index contributed by atoms with van der Waals surface area (Å²) < 4.78 is 16.9. The molecule has 0 radical (unpaired) electrons. The van der Waals surface area contributed by atoms with Crippen LogP contribution in [0.2, 0.25) is 0 Å². The zero-order valence-electron chi connectivity index (χ0n) is 52.1. The Balaban J connectivity index is 4.42. The van der Waals surface area contributed by atoms with Gasteiger partial charge in [0.15, 0.2) is 6.10 Å². The van der Waals surface area contributed by atoms with E-state index < -0.39 is 6.10 Å². The fourth-order valence-electron chi connectivity index (χ4n) is 9.51. The number of hydrogen-bond acceptors (Lipinski definition) is 6. The van der Waals surface area contributed by atoms with Crippen LogP contribution >= 0.6 is 0 Å². The maximum absolute atomic E-state index is 12.9. The fourth-order valence-corrected chi connectivity index (χ4v) is 9.51. The molecular weight excluding hydrogens is 973 g/mol. The van der Waals surface area contributed by atoms with Crippen molar-refractivity contribution in [1.29, 1.82) is 0 Å². The van der Waals surface area contributed by atoms with Crippen LogP contribution in [0.3, 0.4) is 0 Å². The van der Waals surface area contributed by atoms with Crippen LogP contribution in [0.15, 0.2) is 97.2 Å². The summed E-state index contributed by atoms with van der Waals surface area (Å²) in [5.41, 5.74) is 0. The highest BCUT2D eigenvalue weighted by atomic mass is 16.6. The Bertz CT molecular complexity index is 1540. The van der Waals surface area contributed by atoms with Gasteiger partial charge >= 0.3 is 17.9 Å². The predicted octanol–water partition coefficient (Wildman–Crippen LogP) is 23.2. The fraction of sp³-hybridized carbons (Fsp3) is 0.740. The summed E-state index contributed by atoms with van der Waals surface area (Å²) in [5, 5.41) is 0. The Hall–Kier alpha value is -3.67. The SMILES string of the molecule is CC/C=C\C/C=C\C/C=C\C/C=C\C/C=C\CCCC(=O)OCC(COC(=O)CCCCCCCCCCCCC/C=C\CCCCCCCCCC)OC(=O)CCCCCCCCCCC/C=C\C/C=C\CCCCCCC. The first-order chi connectivity index (χ1) is 39.0. The molecule has 0 amide bonds. The molecule has 0 saturated carbocycles. The van der Waals surface area contributed by atoms with Crippen molar-refractivity contribution in [1.82, 2.24) is 0 Å². The molecule has 0 aliphatic rings. The van der Waals surface area contributed by atoms with E-state index in [0.717, 1.165) is 83.5 Å². The van der Waals surface area contributed by atoms with E-state index in [2.05, 4.69) is 118 Å². The Labute approximate surface area is 489 Å². The largest absolute Gasteiger partial charge is 0.462 e. The number of esters is 3. The van der Waals surface area contributed by atoms with Crippen molar-refractivity contribution in [3.8, 4) is 0 Å². The minimum atomic E-state index is -0.806. The van der Waals surface area contributed by atoms with E-state index in [4.69, 9.17) is 14.2 Å². The standard InChI is InChI=1S/C73H126O6/c1-4-7-10-13-16-19-22-25-28-31-33-35-36-38-39-42-45-48-51-54-57-60-63-66-72(75)78-69-70(68-77-71(74)65-62-59-56-53-50-47-44-41-30-27-24-21-18-15-12-9-6-3)79-73(76)67-64-61-58-55-52-49-46-43-40-37-34-32-29-26-23-20-17-14-11-8-5-2/h9,12,18,21,23,26-27,30-34,44,47,53,56,70H,4-8,10-11,13-17,19-20,22,24-25,28-29,35-43,45-46,48-52,54-55,57-69H2,1-3H3/b12-9-,21-18-,26-23-,30-27-,33-31-,34-32-,47-44-,56-53-. The third-order valence-corrected chi connectivity index (χ3v) is 14.5. The summed E-state index contributed by atoms with van der Waals surface area (Å²) in [6.07, 6.45) is 90.0. The lowest BCUT2D eigenvalue weighted by molar-refractivity contribution is -0.167. The van der Waals surface area contributed by atoms with Crippen molar-refractivity contribution >= 4 is 17.9 Å². The normalized spacial score (nSPS) is 12.7. The molecule has 0 aliphatic carbocycles. The smallest absolute Gasteiger partial charge is 0.306 e. The Morgan fingerprint density at radius 1 is 0.266 bits per heavy atom. The first kappa shape index (κ1) is 75.3. The van der Waals surface area contributed by atoms with Crippen molar-refractivity contribution in [2.24, 2.45) is 0 Å². The number of allylic oxidation sites excluding steroid dienone is 16. The average molecular weight is 1100 g/mol. The summed E-state index contributed by atoms with van der Waals surface area (Å²) in [6.45, 7) is 6.50. The van der Waals surface area contributed by atoms with E-state index in [0.29, 0.717) is 19.3 Å². The number of rotatable bonds is 61. The summed E-state index contributed by atoms with van der Waals surface area (Å²) in [7, 11) is 0. The maximum atomic E-state index is 12.9. The Morgan fingerprint density at radius 2 is 0.506 bits per heavy atom. The van der Waals surface area contributed by atoms with E-state index in [1.54, 1.807) is 0 Å². The summed E-state index contributed by atoms with van der Waals surface area (Å²) in [6, 6.07) is 0. The second-order valence-corrected chi connectivity index (χ2v) is 22.3. The number of carbonyl (C=O) groups excluding carboxylic acids is 3. The van der Waals surface area contributed by atoms with Crippen LogP contribution in [-0.4, -0.2) is 37.2 Å². The van der Waals surface area contributed by atoms with Gasteiger partial charge in [-0.2, -0.15) is 0 Å². The van der Waals surface area contributed by atoms with Crippen molar-refractivity contribution in [2.45, 2.75) is 335 Å². The molecule has 0 saturated heterocycles. The highest BCUT2D eigenvalue weighted by molar-refractivity contribution is 5.71. The van der Waals surface area contributed by atoms with Crippen LogP contribution in [0.25, 0.3) is 0 Å². The van der Waals surface area contributed by atoms with Crippen molar-refractivity contribution < 1.29 is 28.6 Å². The van der Waals surface area contributed by atoms with Crippen LogP contribution in [-0.2, 0) is 28.6 Å². The van der Waals surface area contributed by atoms with Crippen molar-refractivity contribution in [2.75, 3.05) is 13.2 Å². The zero-order chi connectivity index (χ0) is 57.1. The second kappa shape index (κ2) is 66.8. The highest BCUT2D eigenvalue weighted by Crippen LogP contribution is 2.16. The Morgan fingerprint density at radius 3 is 0.835 bits per heavy atom. The van der Waals surface area contributed by atoms with Gasteiger partial charge in [-0.05, 0) is 116 Å². The summed E-state index contributed by atoms with van der Waals surface area (Å²) in [5.74, 6) is -0.950. The molecule has 0 heterocycles. The first-order valence-corrected chi connectivity index (χ1v) is 33.7. The monoisotopic (exact) mass is 1100 g/mol. The van der Waals surface area contributed by atoms with Gasteiger partial charge in [0.1, 0.15) is 13.2 Å². The minimum Gasteiger partial charge on any atom is -0.462 e. The molecule has 6 nitrogen and oxygen atoms in total. The minimum absolute atomic E-state index is 0.0963. The van der Waals surface area contributed by atoms with Crippen LogP contribution in [0.5, 0.6) is 0 Å². The molecule has 0 aromatic rings. The Kier molecular flexibility index (Phi) is 63.7. The molecule has 0 bridgehead atoms. The molecule has 0 rings (SSSR count). The van der Waals surface area contributed by atoms with E-state index in [-0.39, 0.29) is 37.5 Å². The summed E-state index contributed by atoms with van der Waals surface area (Å²) >= 11 is 0. The van der Waals surface area contributed by atoms with Crippen molar-refractivity contribution in [3.63, 3.8) is 0 Å². The van der Waals surface area contributed by atoms with E-state index in [9.17, 15) is 14.4 Å². The van der Waals surface area contributed by atoms with E-state index in [1.807, 2.05) is 0 Å². The predicted molar refractivity (Wildman–Crippen MR) is 344 cm³/mol. The van der Waals surface area contributed by atoms with Gasteiger partial charge in [0.05, 0.1) is 0 Å². The molecular formula is C73H126O6. The third kappa shape index (κ3) is 65.0. The molecule has 0 aromatic heterocycles. The lowest BCUT2D eigenvalue weighted by Gasteiger charge is -2.18. The molecule has 1 atom stereocenters. The van der Waals surface area contributed by atoms with Crippen molar-refractivity contribution in [3.05, 3.63) is 97.2 Å². The number of hydrogen-bond donors (Lipinski definition) is 0. The van der Waals surface area contributed by atoms with Gasteiger partial charge in [-0.25, -0.2) is 0 Å². The van der Waals surface area contributed by atoms with Crippen LogP contribution in [0, 0.1) is 0 Å². The van der Waals surface area contributed by atoms with Gasteiger partial charge in [-0.3, -0.25) is 14.4 Å². The van der Waals surface area contributed by atoms with Gasteiger partial charge in [-0.15, -0.1) is 0 Å². The molecule has 0 fully saturated rings. The average Bonchev–Trinajstić information content (AvgIpc) is 3.45. The van der Waals surface area contributed by atoms with Gasteiger partial charge in [0.25, 0.3) is 0 Å². The quantitative estimate of drug-likeness (QED) is 0.0261. The number of carbonyl (C=O) groups is 3. The molecule has 79 heavy (non-hydrogen) atoms. The lowest BCUT2D eigenvalue weighted by atomic mass is 10.0. The van der Waals surface area contributed by atoms with E-state index in [1.165, 1.54) is 199 Å². The van der Waals surface area contributed by atoms with E-state index >= 15 is 0 Å². The molecule has 0 spiro atoms. The molecule has 0 aromatic carbocycles. The first-order valence-electron chi connectivity index (χ1n) is 33.7. The van der Waals surface area contributed by atoms with Crippen LogP contribution in [0.1, 0.15) is 329 Å². The van der Waals surface area contributed by atoms with Gasteiger partial charge in [-0.1, -0.05) is 291 Å². The topological polar surface area (TPSA) is 78.9 Å². The molecule has 6 heteroatoms. The van der Waals surface area contributed by atoms with Gasteiger partial charge < -0.3 is 14.2 Å². The third-order valence-electron chi connectivity index (χ3n) is 14.5. The maximum Gasteiger partial charge on any atom is 0.306 e. The molecule has 0 aliphatic heterocycles. The molecule has 454 valence electrons. The van der Waals surface area contributed by atoms with Gasteiger partial charge in [0, 0.05) is 19.3 Å². The highest BCUT2D eigenvalue weighted by Gasteiger charge is 2.19. The molecule has 1 unspecified atom stereocenters. The van der Waals surface area contributed by atoms with Gasteiger partial charge in [0.2, 0.25) is 0 Å². The van der Waals surface area contributed by atoms with Crippen LogP contribution < -0.4 is 0 Å². The molecule has 0 N–H and O–H groups in total. The number of unbranched alkanes of at least 4 members (excludes halogenated alkanes) is 34. The lowest BCUT2D eigenvalue weighted by Crippen LogP contribution is -2.30. The van der Waals surface area contributed by atoms with Crippen LogP contribution in [0.4, 0.5) is 0 Å². The summed E-state index contributed by atoms with van der Waals surface area (Å²) in [4.78, 5) is 38.4. The number of ether oxygens (including phenoxy) is 3.